The van der Waals surface area contributed by atoms with Gasteiger partial charge in [-0.15, -0.1) is 0 Å². The summed E-state index contributed by atoms with van der Waals surface area (Å²) in [4.78, 5) is 20.0. The van der Waals surface area contributed by atoms with Crippen molar-refractivity contribution in [3.8, 4) is 0 Å². The zero-order chi connectivity index (χ0) is 12.3. The van der Waals surface area contributed by atoms with E-state index in [9.17, 15) is 9.90 Å². The third-order valence-electron chi connectivity index (χ3n) is 3.26. The topological polar surface area (TPSA) is 75.1 Å². The molecule has 1 heterocycles. The van der Waals surface area contributed by atoms with E-state index in [1.807, 2.05) is 6.92 Å². The fraction of sp³-hybridized carbons (Fsp3) is 0.583. The highest BCUT2D eigenvalue weighted by Gasteiger charge is 2.35. The van der Waals surface area contributed by atoms with Crippen LogP contribution in [0.1, 0.15) is 41.9 Å². The van der Waals surface area contributed by atoms with Crippen molar-refractivity contribution in [2.45, 2.75) is 38.1 Å². The smallest absolute Gasteiger partial charge is 0.271 e. The molecule has 1 aliphatic rings. The van der Waals surface area contributed by atoms with Gasteiger partial charge in [-0.2, -0.15) is 0 Å². The number of aliphatic hydroxyl groups excluding tert-OH is 1. The molecule has 17 heavy (non-hydrogen) atoms. The number of nitrogens with zero attached hydrogens (tertiary/aromatic N) is 2. The Morgan fingerprint density at radius 3 is 2.65 bits per heavy atom. The summed E-state index contributed by atoms with van der Waals surface area (Å²) in [7, 11) is 0. The van der Waals surface area contributed by atoms with Gasteiger partial charge in [0.15, 0.2) is 0 Å². The largest absolute Gasteiger partial charge is 0.394 e. The fourth-order valence-electron chi connectivity index (χ4n) is 2.19. The van der Waals surface area contributed by atoms with E-state index in [2.05, 4.69) is 15.3 Å². The second-order valence-corrected chi connectivity index (χ2v) is 4.64. The number of amides is 1. The molecular formula is C12H17N3O2. The minimum atomic E-state index is -0.455. The van der Waals surface area contributed by atoms with Crippen LogP contribution in [0.3, 0.4) is 0 Å². The van der Waals surface area contributed by atoms with Gasteiger partial charge < -0.3 is 10.4 Å². The van der Waals surface area contributed by atoms with Gasteiger partial charge in [-0.3, -0.25) is 9.78 Å². The first-order valence-corrected chi connectivity index (χ1v) is 5.87. The van der Waals surface area contributed by atoms with Crippen molar-refractivity contribution in [3.05, 3.63) is 23.8 Å². The van der Waals surface area contributed by atoms with E-state index < -0.39 is 5.54 Å². The number of carbonyl (C=O) groups is 1. The molecule has 92 valence electrons. The number of aliphatic hydroxyl groups is 1. The Morgan fingerprint density at radius 2 is 2.12 bits per heavy atom. The van der Waals surface area contributed by atoms with Crippen LogP contribution in [0.25, 0.3) is 0 Å². The van der Waals surface area contributed by atoms with Gasteiger partial charge in [0.05, 0.1) is 24.0 Å². The fourth-order valence-corrected chi connectivity index (χ4v) is 2.19. The molecule has 1 fully saturated rings. The quantitative estimate of drug-likeness (QED) is 0.813. The molecule has 0 bridgehead atoms. The minimum Gasteiger partial charge on any atom is -0.394 e. The zero-order valence-corrected chi connectivity index (χ0v) is 9.94. The second kappa shape index (κ2) is 4.79. The first kappa shape index (κ1) is 12.0. The normalized spacial score (nSPS) is 18.0. The van der Waals surface area contributed by atoms with Gasteiger partial charge in [0.25, 0.3) is 5.91 Å². The third kappa shape index (κ3) is 2.61. The summed E-state index contributed by atoms with van der Waals surface area (Å²) >= 11 is 0. The molecule has 0 unspecified atom stereocenters. The molecular weight excluding hydrogens is 218 g/mol. The molecule has 1 aromatic rings. The van der Waals surface area contributed by atoms with Crippen molar-refractivity contribution < 1.29 is 9.90 Å². The van der Waals surface area contributed by atoms with E-state index in [1.54, 1.807) is 6.20 Å². The predicted octanol–water partition coefficient (Wildman–Crippen LogP) is 0.820. The first-order chi connectivity index (χ1) is 8.15. The van der Waals surface area contributed by atoms with Crippen LogP contribution in [0, 0.1) is 6.92 Å². The SMILES string of the molecule is Cc1cnc(C(=O)NC2(CO)CCCC2)cn1. The van der Waals surface area contributed by atoms with E-state index in [0.29, 0.717) is 5.69 Å². The van der Waals surface area contributed by atoms with Gasteiger partial charge in [0.1, 0.15) is 5.69 Å². The van der Waals surface area contributed by atoms with Gasteiger partial charge in [0, 0.05) is 6.20 Å². The highest BCUT2D eigenvalue weighted by Crippen LogP contribution is 2.29. The average molecular weight is 235 g/mol. The zero-order valence-electron chi connectivity index (χ0n) is 9.94. The highest BCUT2D eigenvalue weighted by atomic mass is 16.3. The molecule has 0 aromatic carbocycles. The lowest BCUT2D eigenvalue weighted by Crippen LogP contribution is -2.49. The van der Waals surface area contributed by atoms with Crippen LogP contribution in [0.4, 0.5) is 0 Å². The highest BCUT2D eigenvalue weighted by molar-refractivity contribution is 5.92. The predicted molar refractivity (Wildman–Crippen MR) is 62.5 cm³/mol. The summed E-state index contributed by atoms with van der Waals surface area (Å²) in [5.41, 5.74) is 0.624. The first-order valence-electron chi connectivity index (χ1n) is 5.87. The molecule has 5 nitrogen and oxygen atoms in total. The van der Waals surface area contributed by atoms with Gasteiger partial charge in [-0.05, 0) is 19.8 Å². The van der Waals surface area contributed by atoms with Crippen LogP contribution < -0.4 is 5.32 Å². The molecule has 0 aliphatic heterocycles. The molecule has 1 aromatic heterocycles. The van der Waals surface area contributed by atoms with E-state index in [-0.39, 0.29) is 12.5 Å². The molecule has 1 amide bonds. The Bertz CT molecular complexity index is 397. The van der Waals surface area contributed by atoms with Crippen LogP contribution >= 0.6 is 0 Å². The van der Waals surface area contributed by atoms with Crippen molar-refractivity contribution in [2.24, 2.45) is 0 Å². The summed E-state index contributed by atoms with van der Waals surface area (Å²) in [5.74, 6) is -0.256. The van der Waals surface area contributed by atoms with Crippen LogP contribution in [0.2, 0.25) is 0 Å². The number of rotatable bonds is 3. The molecule has 1 aliphatic carbocycles. The van der Waals surface area contributed by atoms with Crippen molar-refractivity contribution >= 4 is 5.91 Å². The van der Waals surface area contributed by atoms with Gasteiger partial charge >= 0.3 is 0 Å². The number of aromatic nitrogens is 2. The molecule has 5 heteroatoms. The summed E-state index contributed by atoms with van der Waals surface area (Å²) in [6.45, 7) is 1.80. The standard InChI is InChI=1S/C12H17N3O2/c1-9-6-14-10(7-13-9)11(17)15-12(8-16)4-2-3-5-12/h6-7,16H,2-5,8H2,1H3,(H,15,17). The van der Waals surface area contributed by atoms with Crippen molar-refractivity contribution in [1.82, 2.24) is 15.3 Å². The van der Waals surface area contributed by atoms with Crippen molar-refractivity contribution in [2.75, 3.05) is 6.61 Å². The number of aryl methyl sites for hydroxylation is 1. The molecule has 0 radical (unpaired) electrons. The Balaban J connectivity index is 2.08. The number of nitrogens with one attached hydrogen (secondary N) is 1. The summed E-state index contributed by atoms with van der Waals surface area (Å²) < 4.78 is 0. The molecule has 2 rings (SSSR count). The maximum atomic E-state index is 12.0. The number of carbonyl (C=O) groups excluding carboxylic acids is 1. The minimum absolute atomic E-state index is 0.0158. The van der Waals surface area contributed by atoms with E-state index in [4.69, 9.17) is 0 Å². The Hall–Kier alpha value is -1.49. The molecule has 0 saturated heterocycles. The lowest BCUT2D eigenvalue weighted by molar-refractivity contribution is 0.0833. The Morgan fingerprint density at radius 1 is 1.41 bits per heavy atom. The molecule has 0 spiro atoms. The van der Waals surface area contributed by atoms with E-state index >= 15 is 0 Å². The lowest BCUT2D eigenvalue weighted by atomic mass is 9.99. The molecule has 1 saturated carbocycles. The van der Waals surface area contributed by atoms with Gasteiger partial charge in [-0.25, -0.2) is 4.98 Å². The number of hydrogen-bond donors (Lipinski definition) is 2. The third-order valence-corrected chi connectivity index (χ3v) is 3.26. The maximum Gasteiger partial charge on any atom is 0.271 e. The van der Waals surface area contributed by atoms with Crippen molar-refractivity contribution in [3.63, 3.8) is 0 Å². The van der Waals surface area contributed by atoms with Gasteiger partial charge in [-0.1, -0.05) is 12.8 Å². The van der Waals surface area contributed by atoms with Crippen molar-refractivity contribution in [1.29, 1.82) is 0 Å². The summed E-state index contributed by atoms with van der Waals surface area (Å²) in [6.07, 6.45) is 6.77. The maximum absolute atomic E-state index is 12.0. The van der Waals surface area contributed by atoms with Crippen LogP contribution in [-0.2, 0) is 0 Å². The molecule has 0 atom stereocenters. The number of hydrogen-bond acceptors (Lipinski definition) is 4. The van der Waals surface area contributed by atoms with Gasteiger partial charge in [0.2, 0.25) is 0 Å². The second-order valence-electron chi connectivity index (χ2n) is 4.64. The average Bonchev–Trinajstić information content (AvgIpc) is 2.79. The van der Waals surface area contributed by atoms with E-state index in [0.717, 1.165) is 31.4 Å². The van der Waals surface area contributed by atoms with Crippen LogP contribution in [0.15, 0.2) is 12.4 Å². The summed E-state index contributed by atoms with van der Waals surface area (Å²) in [5, 5.41) is 12.3. The lowest BCUT2D eigenvalue weighted by Gasteiger charge is -2.27. The Kier molecular flexibility index (Phi) is 3.38. The molecule has 2 N–H and O–H groups in total. The summed E-state index contributed by atoms with van der Waals surface area (Å²) in [6, 6.07) is 0. The van der Waals surface area contributed by atoms with Crippen LogP contribution in [0.5, 0.6) is 0 Å². The van der Waals surface area contributed by atoms with Crippen LogP contribution in [-0.4, -0.2) is 33.1 Å². The van der Waals surface area contributed by atoms with E-state index in [1.165, 1.54) is 6.20 Å². The monoisotopic (exact) mass is 235 g/mol. The Labute approximate surface area is 100 Å².